The van der Waals surface area contributed by atoms with Gasteiger partial charge in [-0.1, -0.05) is 0 Å². The summed E-state index contributed by atoms with van der Waals surface area (Å²) in [6.07, 6.45) is 2.40. The first kappa shape index (κ1) is 20.5. The topological polar surface area (TPSA) is 156 Å². The maximum absolute atomic E-state index is 12.1. The molecule has 0 aliphatic rings. The molecule has 1 N–H and O–H groups in total. The molecular formula is C18H17N5O7. The van der Waals surface area contributed by atoms with Crippen LogP contribution in [0.4, 0.5) is 11.4 Å². The van der Waals surface area contributed by atoms with E-state index < -0.39 is 15.8 Å². The van der Waals surface area contributed by atoms with Crippen LogP contribution in [0.2, 0.25) is 0 Å². The Hall–Kier alpha value is -4.22. The highest BCUT2D eigenvalue weighted by Gasteiger charge is 2.14. The molecule has 2 heterocycles. The maximum atomic E-state index is 12.1. The van der Waals surface area contributed by atoms with Gasteiger partial charge in [0.1, 0.15) is 30.5 Å². The average Bonchev–Trinajstić information content (AvgIpc) is 3.36. The third-order valence-corrected chi connectivity index (χ3v) is 4.09. The van der Waals surface area contributed by atoms with Crippen molar-refractivity contribution in [1.82, 2.24) is 15.1 Å². The van der Waals surface area contributed by atoms with Gasteiger partial charge in [0.25, 0.3) is 11.6 Å². The molecular weight excluding hydrogens is 398 g/mol. The number of ether oxygens (including phenoxy) is 1. The monoisotopic (exact) mass is 415 g/mol. The number of carbonyl (C=O) groups excluding carboxylic acids is 1. The smallest absolute Gasteiger partial charge is 0.306 e. The summed E-state index contributed by atoms with van der Waals surface area (Å²) in [6, 6.07) is 7.48. The van der Waals surface area contributed by atoms with E-state index in [2.05, 4.69) is 10.4 Å². The van der Waals surface area contributed by atoms with Gasteiger partial charge in [-0.25, -0.2) is 0 Å². The van der Waals surface area contributed by atoms with Crippen molar-refractivity contribution >= 4 is 17.3 Å². The lowest BCUT2D eigenvalue weighted by molar-refractivity contribution is -0.385. The van der Waals surface area contributed by atoms with Crippen molar-refractivity contribution in [3.63, 3.8) is 0 Å². The number of benzene rings is 1. The summed E-state index contributed by atoms with van der Waals surface area (Å²) in [5.41, 5.74) is 0.351. The predicted octanol–water partition coefficient (Wildman–Crippen LogP) is 2.61. The van der Waals surface area contributed by atoms with Crippen LogP contribution >= 0.6 is 0 Å². The Labute approximate surface area is 169 Å². The van der Waals surface area contributed by atoms with E-state index in [9.17, 15) is 25.0 Å². The number of furan rings is 1. The number of amides is 1. The van der Waals surface area contributed by atoms with Crippen LogP contribution in [0.3, 0.4) is 0 Å². The third-order valence-electron chi connectivity index (χ3n) is 4.09. The standard InChI is InChI=1S/C18H17N5O7/c1-12-8-14(2-4-16(12)23(27)28)29-11-15-3-5-17(30-15)18(24)19-6-7-21-10-13(9-20-21)22(25)26/h2-5,8-10H,6-7,11H2,1H3,(H,19,24). The minimum Gasteiger partial charge on any atom is -0.486 e. The van der Waals surface area contributed by atoms with E-state index in [0.29, 0.717) is 17.1 Å². The molecule has 1 amide bonds. The minimum atomic E-state index is -0.549. The van der Waals surface area contributed by atoms with E-state index in [1.165, 1.54) is 29.1 Å². The zero-order valence-electron chi connectivity index (χ0n) is 15.8. The van der Waals surface area contributed by atoms with Gasteiger partial charge in [0.05, 0.1) is 16.4 Å². The minimum absolute atomic E-state index is 0.00372. The predicted molar refractivity (Wildman–Crippen MR) is 102 cm³/mol. The maximum Gasteiger partial charge on any atom is 0.306 e. The summed E-state index contributed by atoms with van der Waals surface area (Å²) in [5, 5.41) is 27.9. The van der Waals surface area contributed by atoms with Crippen LogP contribution in [0, 0.1) is 27.2 Å². The molecule has 156 valence electrons. The van der Waals surface area contributed by atoms with Gasteiger partial charge in [-0.05, 0) is 31.2 Å². The molecule has 0 saturated heterocycles. The van der Waals surface area contributed by atoms with Crippen LogP contribution in [0.25, 0.3) is 0 Å². The molecule has 0 fully saturated rings. The number of rotatable bonds is 9. The van der Waals surface area contributed by atoms with Gasteiger partial charge in [0.15, 0.2) is 5.76 Å². The van der Waals surface area contributed by atoms with Crippen LogP contribution in [0.1, 0.15) is 21.9 Å². The fraction of sp³-hybridized carbons (Fsp3) is 0.222. The summed E-state index contributed by atoms with van der Waals surface area (Å²) in [7, 11) is 0. The first-order valence-corrected chi connectivity index (χ1v) is 8.75. The summed E-state index contributed by atoms with van der Waals surface area (Å²) in [6.45, 7) is 2.12. The molecule has 0 bridgehead atoms. The Morgan fingerprint density at radius 1 is 1.23 bits per heavy atom. The molecule has 3 rings (SSSR count). The van der Waals surface area contributed by atoms with Crippen molar-refractivity contribution in [3.8, 4) is 5.75 Å². The highest BCUT2D eigenvalue weighted by Crippen LogP contribution is 2.24. The van der Waals surface area contributed by atoms with E-state index in [1.54, 1.807) is 19.1 Å². The normalized spacial score (nSPS) is 10.6. The summed E-state index contributed by atoms with van der Waals surface area (Å²) < 4.78 is 12.3. The van der Waals surface area contributed by atoms with Gasteiger partial charge >= 0.3 is 5.69 Å². The zero-order chi connectivity index (χ0) is 21.7. The average molecular weight is 415 g/mol. The van der Waals surface area contributed by atoms with Gasteiger partial charge in [-0.15, -0.1) is 0 Å². The number of aromatic nitrogens is 2. The van der Waals surface area contributed by atoms with Gasteiger partial charge in [0.2, 0.25) is 0 Å². The Balaban J connectivity index is 1.49. The van der Waals surface area contributed by atoms with Crippen LogP contribution < -0.4 is 10.1 Å². The van der Waals surface area contributed by atoms with E-state index in [-0.39, 0.29) is 36.8 Å². The molecule has 12 nitrogen and oxygen atoms in total. The molecule has 0 unspecified atom stereocenters. The number of nitrogens with zero attached hydrogens (tertiary/aromatic N) is 4. The van der Waals surface area contributed by atoms with Gasteiger partial charge in [-0.2, -0.15) is 5.10 Å². The Kier molecular flexibility index (Phi) is 6.05. The highest BCUT2D eigenvalue weighted by atomic mass is 16.6. The molecule has 0 saturated carbocycles. The first-order chi connectivity index (χ1) is 14.3. The molecule has 0 atom stereocenters. The van der Waals surface area contributed by atoms with E-state index in [1.807, 2.05) is 0 Å². The lowest BCUT2D eigenvalue weighted by atomic mass is 10.2. The molecule has 0 aliphatic carbocycles. The zero-order valence-corrected chi connectivity index (χ0v) is 15.8. The molecule has 1 aromatic carbocycles. The second-order valence-electron chi connectivity index (χ2n) is 6.23. The second kappa shape index (κ2) is 8.86. The summed E-state index contributed by atoms with van der Waals surface area (Å²) in [4.78, 5) is 32.6. The largest absolute Gasteiger partial charge is 0.486 e. The molecule has 2 aromatic heterocycles. The molecule has 0 spiro atoms. The van der Waals surface area contributed by atoms with Gasteiger partial charge in [0, 0.05) is 18.2 Å². The summed E-state index contributed by atoms with van der Waals surface area (Å²) in [5.74, 6) is 0.474. The Morgan fingerprint density at radius 3 is 2.70 bits per heavy atom. The molecule has 0 aliphatic heterocycles. The molecule has 12 heteroatoms. The number of aryl methyl sites for hydroxylation is 1. The van der Waals surface area contributed by atoms with Crippen molar-refractivity contribution in [1.29, 1.82) is 0 Å². The number of nitro groups is 2. The lowest BCUT2D eigenvalue weighted by Gasteiger charge is -2.06. The quantitative estimate of drug-likeness (QED) is 0.413. The number of carbonyl (C=O) groups is 1. The van der Waals surface area contributed by atoms with E-state index in [4.69, 9.17) is 9.15 Å². The van der Waals surface area contributed by atoms with Crippen molar-refractivity contribution in [2.24, 2.45) is 0 Å². The van der Waals surface area contributed by atoms with Crippen LogP contribution in [0.15, 0.2) is 47.1 Å². The van der Waals surface area contributed by atoms with Crippen LogP contribution in [0.5, 0.6) is 5.75 Å². The molecule has 30 heavy (non-hydrogen) atoms. The van der Waals surface area contributed by atoms with Crippen LogP contribution in [-0.2, 0) is 13.2 Å². The fourth-order valence-corrected chi connectivity index (χ4v) is 2.59. The third kappa shape index (κ3) is 4.98. The van der Waals surface area contributed by atoms with E-state index in [0.717, 1.165) is 6.20 Å². The number of nitrogens with one attached hydrogen (secondary N) is 1. The van der Waals surface area contributed by atoms with Crippen molar-refractivity contribution < 1.29 is 23.8 Å². The number of nitro benzene ring substituents is 1. The Morgan fingerprint density at radius 2 is 2.03 bits per heavy atom. The SMILES string of the molecule is Cc1cc(OCc2ccc(C(=O)NCCn3cc([N+](=O)[O-])cn3)o2)ccc1[N+](=O)[O-]. The number of hydrogen-bond acceptors (Lipinski definition) is 8. The fourth-order valence-electron chi connectivity index (χ4n) is 2.59. The Bertz CT molecular complexity index is 1090. The highest BCUT2D eigenvalue weighted by molar-refractivity contribution is 5.91. The lowest BCUT2D eigenvalue weighted by Crippen LogP contribution is -2.27. The van der Waals surface area contributed by atoms with Crippen LogP contribution in [-0.4, -0.2) is 32.1 Å². The van der Waals surface area contributed by atoms with Crippen molar-refractivity contribution in [2.75, 3.05) is 6.54 Å². The van der Waals surface area contributed by atoms with Crippen molar-refractivity contribution in [2.45, 2.75) is 20.1 Å². The number of hydrogen-bond donors (Lipinski definition) is 1. The van der Waals surface area contributed by atoms with Crippen molar-refractivity contribution in [3.05, 3.63) is 80.0 Å². The molecule has 3 aromatic rings. The van der Waals surface area contributed by atoms with Gasteiger partial charge < -0.3 is 14.5 Å². The molecule has 0 radical (unpaired) electrons. The second-order valence-corrected chi connectivity index (χ2v) is 6.23. The van der Waals surface area contributed by atoms with E-state index >= 15 is 0 Å². The first-order valence-electron chi connectivity index (χ1n) is 8.75. The van der Waals surface area contributed by atoms with Gasteiger partial charge in [-0.3, -0.25) is 29.7 Å². The summed E-state index contributed by atoms with van der Waals surface area (Å²) >= 11 is 0.